The molecule has 9 heteroatoms. The first-order chi connectivity index (χ1) is 11.7. The van der Waals surface area contributed by atoms with E-state index >= 15 is 0 Å². The van der Waals surface area contributed by atoms with Crippen LogP contribution in [0.4, 0.5) is 23.7 Å². The first-order valence-corrected chi connectivity index (χ1v) is 7.05. The summed E-state index contributed by atoms with van der Waals surface area (Å²) in [7, 11) is 0. The predicted octanol–water partition coefficient (Wildman–Crippen LogP) is 3.92. The maximum Gasteiger partial charge on any atom is 0.413 e. The van der Waals surface area contributed by atoms with Crippen LogP contribution in [0.25, 0.3) is 0 Å². The monoisotopic (exact) mass is 354 g/mol. The normalized spacial score (nSPS) is 10.4. The van der Waals surface area contributed by atoms with E-state index in [1.54, 1.807) is 0 Å². The Bertz CT molecular complexity index is 809. The first-order valence-electron chi connectivity index (χ1n) is 7.05. The molecule has 0 bridgehead atoms. The van der Waals surface area contributed by atoms with Gasteiger partial charge in [-0.25, -0.2) is 18.0 Å². The molecule has 0 saturated carbocycles. The minimum absolute atomic E-state index is 0.0622. The molecule has 25 heavy (non-hydrogen) atoms. The van der Waals surface area contributed by atoms with Crippen molar-refractivity contribution in [3.63, 3.8) is 0 Å². The van der Waals surface area contributed by atoms with Crippen molar-refractivity contribution < 1.29 is 27.6 Å². The smallest absolute Gasteiger partial charge is 0.404 e. The summed E-state index contributed by atoms with van der Waals surface area (Å²) in [5.74, 6) is -4.12. The fourth-order valence-electron chi connectivity index (χ4n) is 2.19. The fraction of sp³-hybridized carbons (Fsp3) is 0.188. The summed E-state index contributed by atoms with van der Waals surface area (Å²) >= 11 is 0. The third-order valence-corrected chi connectivity index (χ3v) is 3.50. The van der Waals surface area contributed by atoms with Crippen LogP contribution in [-0.2, 0) is 6.54 Å². The maximum atomic E-state index is 14.1. The van der Waals surface area contributed by atoms with Gasteiger partial charge in [-0.15, -0.1) is 0 Å². The molecule has 1 N–H and O–H groups in total. The number of ether oxygens (including phenoxy) is 1. The average molecular weight is 354 g/mol. The van der Waals surface area contributed by atoms with Crippen LogP contribution >= 0.6 is 0 Å². The molecular weight excluding hydrogens is 341 g/mol. The van der Waals surface area contributed by atoms with Crippen LogP contribution in [-0.4, -0.2) is 11.0 Å². The van der Waals surface area contributed by atoms with Crippen molar-refractivity contribution in [2.24, 2.45) is 0 Å². The summed E-state index contributed by atoms with van der Waals surface area (Å²) in [6.45, 7) is 2.11. The molecule has 0 heterocycles. The number of nitro benzene ring substituents is 1. The minimum Gasteiger partial charge on any atom is -0.404 e. The van der Waals surface area contributed by atoms with E-state index in [9.17, 15) is 28.1 Å². The zero-order valence-corrected chi connectivity index (χ0v) is 13.2. The number of nitro groups is 1. The van der Waals surface area contributed by atoms with Crippen LogP contribution in [0.15, 0.2) is 24.3 Å². The molecule has 0 aliphatic carbocycles. The van der Waals surface area contributed by atoms with Crippen molar-refractivity contribution in [1.29, 1.82) is 0 Å². The lowest BCUT2D eigenvalue weighted by atomic mass is 10.1. The van der Waals surface area contributed by atoms with Crippen molar-refractivity contribution in [2.75, 3.05) is 0 Å². The molecule has 1 amide bonds. The molecule has 2 rings (SSSR count). The average Bonchev–Trinajstić information content (AvgIpc) is 2.56. The highest BCUT2D eigenvalue weighted by atomic mass is 19.1. The Hall–Kier alpha value is -3.10. The lowest BCUT2D eigenvalue weighted by molar-refractivity contribution is -0.386. The van der Waals surface area contributed by atoms with Gasteiger partial charge >= 0.3 is 6.09 Å². The quantitative estimate of drug-likeness (QED) is 0.666. The molecule has 0 aliphatic heterocycles. The second kappa shape index (κ2) is 7.20. The molecule has 2 aromatic rings. The summed E-state index contributed by atoms with van der Waals surface area (Å²) in [5.41, 5.74) is -1.06. The highest BCUT2D eigenvalue weighted by Gasteiger charge is 2.29. The Morgan fingerprint density at radius 1 is 1.12 bits per heavy atom. The molecule has 0 atom stereocenters. The number of hydrogen-bond acceptors (Lipinski definition) is 4. The number of nitrogens with one attached hydrogen (secondary N) is 1. The van der Waals surface area contributed by atoms with E-state index in [0.717, 1.165) is 13.8 Å². The summed E-state index contributed by atoms with van der Waals surface area (Å²) in [4.78, 5) is 21.7. The van der Waals surface area contributed by atoms with Gasteiger partial charge in [0.1, 0.15) is 5.82 Å². The SMILES string of the molecule is Cc1c(F)c(OC(=O)NCc2ccc(F)cc2)c(F)c(C)c1[N+](=O)[O-]. The standard InChI is InChI=1S/C16H13F3N2O4/c1-8-12(18)15(13(19)9(2)14(8)21(23)24)25-16(22)20-7-10-3-5-11(17)6-4-10/h3-6H,7H2,1-2H3,(H,20,22). The Morgan fingerprint density at radius 2 is 1.64 bits per heavy atom. The molecule has 0 radical (unpaired) electrons. The van der Waals surface area contributed by atoms with Crippen LogP contribution < -0.4 is 10.1 Å². The van der Waals surface area contributed by atoms with E-state index in [-0.39, 0.29) is 6.54 Å². The molecular formula is C16H13F3N2O4. The van der Waals surface area contributed by atoms with Crippen molar-refractivity contribution >= 4 is 11.8 Å². The third-order valence-electron chi connectivity index (χ3n) is 3.50. The molecule has 0 aliphatic rings. The Balaban J connectivity index is 2.18. The predicted molar refractivity (Wildman–Crippen MR) is 81.8 cm³/mol. The largest absolute Gasteiger partial charge is 0.413 e. The van der Waals surface area contributed by atoms with E-state index in [2.05, 4.69) is 10.1 Å². The molecule has 0 spiro atoms. The van der Waals surface area contributed by atoms with Gasteiger partial charge in [-0.05, 0) is 31.5 Å². The summed E-state index contributed by atoms with van der Waals surface area (Å²) in [6.07, 6.45) is -1.16. The second-order valence-corrected chi connectivity index (χ2v) is 5.18. The molecule has 0 fully saturated rings. The minimum atomic E-state index is -1.33. The first kappa shape index (κ1) is 18.2. The van der Waals surface area contributed by atoms with Gasteiger partial charge in [0.2, 0.25) is 5.75 Å². The molecule has 6 nitrogen and oxygen atoms in total. The summed E-state index contributed by atoms with van der Waals surface area (Å²) in [6, 6.07) is 5.20. The number of amides is 1. The number of nitrogens with zero attached hydrogens (tertiary/aromatic N) is 1. The lowest BCUT2D eigenvalue weighted by Gasteiger charge is -2.12. The Morgan fingerprint density at radius 3 is 2.12 bits per heavy atom. The van der Waals surface area contributed by atoms with Crippen molar-refractivity contribution in [2.45, 2.75) is 20.4 Å². The van der Waals surface area contributed by atoms with E-state index in [4.69, 9.17) is 0 Å². The van der Waals surface area contributed by atoms with Crippen LogP contribution in [0.1, 0.15) is 16.7 Å². The topological polar surface area (TPSA) is 81.5 Å². The molecule has 2 aromatic carbocycles. The maximum absolute atomic E-state index is 14.1. The van der Waals surface area contributed by atoms with E-state index in [1.165, 1.54) is 24.3 Å². The van der Waals surface area contributed by atoms with Crippen molar-refractivity contribution in [1.82, 2.24) is 5.32 Å². The van der Waals surface area contributed by atoms with Crippen LogP contribution in [0, 0.1) is 41.4 Å². The van der Waals surface area contributed by atoms with Gasteiger partial charge < -0.3 is 10.1 Å². The Kier molecular flexibility index (Phi) is 5.26. The van der Waals surface area contributed by atoms with E-state index in [1.807, 2.05) is 0 Å². The fourth-order valence-corrected chi connectivity index (χ4v) is 2.19. The molecule has 0 saturated heterocycles. The zero-order chi connectivity index (χ0) is 18.7. The number of benzene rings is 2. The molecule has 0 unspecified atom stereocenters. The summed E-state index contributed by atoms with van der Waals surface area (Å²) in [5, 5.41) is 13.1. The van der Waals surface area contributed by atoms with Gasteiger partial charge in [0, 0.05) is 6.54 Å². The van der Waals surface area contributed by atoms with Crippen molar-refractivity contribution in [3.05, 3.63) is 68.5 Å². The second-order valence-electron chi connectivity index (χ2n) is 5.18. The van der Waals surface area contributed by atoms with Gasteiger partial charge in [0.15, 0.2) is 11.6 Å². The number of carbonyl (C=O) groups excluding carboxylic acids is 1. The highest BCUT2D eigenvalue weighted by molar-refractivity contribution is 5.71. The van der Waals surface area contributed by atoms with Gasteiger partial charge in [-0.3, -0.25) is 10.1 Å². The van der Waals surface area contributed by atoms with Crippen LogP contribution in [0.3, 0.4) is 0 Å². The number of hydrogen-bond donors (Lipinski definition) is 1. The molecule has 132 valence electrons. The van der Waals surface area contributed by atoms with Gasteiger partial charge in [0.05, 0.1) is 16.1 Å². The van der Waals surface area contributed by atoms with Gasteiger partial charge in [0.25, 0.3) is 5.69 Å². The lowest BCUT2D eigenvalue weighted by Crippen LogP contribution is -2.27. The highest BCUT2D eigenvalue weighted by Crippen LogP contribution is 2.35. The van der Waals surface area contributed by atoms with Crippen LogP contribution in [0.5, 0.6) is 5.75 Å². The number of halogens is 3. The number of carbonyl (C=O) groups is 1. The van der Waals surface area contributed by atoms with E-state index in [0.29, 0.717) is 5.56 Å². The third kappa shape index (κ3) is 3.87. The van der Waals surface area contributed by atoms with Crippen LogP contribution in [0.2, 0.25) is 0 Å². The van der Waals surface area contributed by atoms with Gasteiger partial charge in [-0.2, -0.15) is 0 Å². The summed E-state index contributed by atoms with van der Waals surface area (Å²) < 4.78 is 45.7. The van der Waals surface area contributed by atoms with Gasteiger partial charge in [-0.1, -0.05) is 12.1 Å². The Labute approximate surface area is 140 Å². The van der Waals surface area contributed by atoms with E-state index < -0.39 is 51.0 Å². The van der Waals surface area contributed by atoms with Crippen molar-refractivity contribution in [3.8, 4) is 5.75 Å². The zero-order valence-electron chi connectivity index (χ0n) is 13.2. The molecule has 0 aromatic heterocycles. The number of rotatable bonds is 4.